The molecule has 142 valence electrons. The topological polar surface area (TPSA) is 54.0 Å². The number of hydrogen-bond acceptors (Lipinski definition) is 5. The van der Waals surface area contributed by atoms with Crippen molar-refractivity contribution >= 4 is 7.82 Å². The van der Waals surface area contributed by atoms with Crippen LogP contribution in [0.5, 0.6) is 0 Å². The van der Waals surface area contributed by atoms with E-state index in [-0.39, 0.29) is 18.1 Å². The van der Waals surface area contributed by atoms with Crippen molar-refractivity contribution in [2.45, 2.75) is 44.5 Å². The van der Waals surface area contributed by atoms with E-state index in [1.165, 1.54) is 0 Å². The minimum Gasteiger partial charge on any atom is -0.374 e. The summed E-state index contributed by atoms with van der Waals surface area (Å²) in [5, 5.41) is 0. The van der Waals surface area contributed by atoms with E-state index in [1.807, 2.05) is 42.5 Å². The monoisotopic (exact) mass is 378 g/mol. The Morgan fingerprint density at radius 3 is 2.92 bits per heavy atom. The highest BCUT2D eigenvalue weighted by Gasteiger charge is 2.37. The Kier molecular flexibility index (Phi) is 7.23. The summed E-state index contributed by atoms with van der Waals surface area (Å²) in [6.45, 7) is 4.96. The molecule has 5 nitrogen and oxygen atoms in total. The zero-order chi connectivity index (χ0) is 18.2. The number of benzene rings is 1. The summed E-state index contributed by atoms with van der Waals surface area (Å²) in [6, 6.07) is 9.96. The van der Waals surface area contributed by atoms with Crippen LogP contribution in [0.1, 0.15) is 31.2 Å². The van der Waals surface area contributed by atoms with E-state index in [4.69, 9.17) is 18.3 Å². The van der Waals surface area contributed by atoms with Gasteiger partial charge in [0, 0.05) is 5.92 Å². The standard InChI is InChI=1S/C20H27O5P/c1-2-17-13-19-11-7-4-8-12-20(25-26(21,24-19)23-15-17)16-22-14-18-9-5-3-6-10-18/h2-3,5-7,9-11,17,19-20H,1,4,8,12-16H2/b11-7-/t17?,19-,20+,26?/m1/s1. The lowest BCUT2D eigenvalue weighted by Gasteiger charge is -2.25. The van der Waals surface area contributed by atoms with E-state index < -0.39 is 7.82 Å². The van der Waals surface area contributed by atoms with Crippen molar-refractivity contribution < 1.29 is 22.9 Å². The summed E-state index contributed by atoms with van der Waals surface area (Å²) in [4.78, 5) is 0. The van der Waals surface area contributed by atoms with Gasteiger partial charge in [-0.05, 0) is 31.2 Å². The lowest BCUT2D eigenvalue weighted by molar-refractivity contribution is 0.00694. The maximum absolute atomic E-state index is 13.0. The molecule has 1 aromatic rings. The SMILES string of the molecule is C=CC1COP2(=O)O[C@H](COCc3ccccc3)CCC/C=C\[C@H](C1)O2. The van der Waals surface area contributed by atoms with Gasteiger partial charge < -0.3 is 4.74 Å². The maximum atomic E-state index is 13.0. The van der Waals surface area contributed by atoms with Crippen molar-refractivity contribution in [1.82, 2.24) is 0 Å². The van der Waals surface area contributed by atoms with Gasteiger partial charge in [-0.1, -0.05) is 48.6 Å². The lowest BCUT2D eigenvalue weighted by Crippen LogP contribution is -2.21. The Bertz CT molecular complexity index is 645. The van der Waals surface area contributed by atoms with Crippen LogP contribution in [0.15, 0.2) is 55.1 Å². The van der Waals surface area contributed by atoms with Crippen LogP contribution in [0.4, 0.5) is 0 Å². The summed E-state index contributed by atoms with van der Waals surface area (Å²) in [5.41, 5.74) is 1.10. The Labute approximate surface area is 155 Å². The molecule has 1 saturated heterocycles. The normalized spacial score (nSPS) is 33.8. The van der Waals surface area contributed by atoms with E-state index >= 15 is 0 Å². The molecule has 0 radical (unpaired) electrons. The highest BCUT2D eigenvalue weighted by molar-refractivity contribution is 7.48. The lowest BCUT2D eigenvalue weighted by atomic mass is 10.0. The van der Waals surface area contributed by atoms with Gasteiger partial charge in [-0.25, -0.2) is 4.57 Å². The molecule has 0 N–H and O–H groups in total. The fraction of sp³-hybridized carbons (Fsp3) is 0.500. The highest BCUT2D eigenvalue weighted by atomic mass is 31.2. The largest absolute Gasteiger partial charge is 0.475 e. The van der Waals surface area contributed by atoms with E-state index in [0.29, 0.717) is 26.2 Å². The van der Waals surface area contributed by atoms with Gasteiger partial charge in [0.15, 0.2) is 0 Å². The van der Waals surface area contributed by atoms with Gasteiger partial charge in [-0.2, -0.15) is 0 Å². The third kappa shape index (κ3) is 5.90. The van der Waals surface area contributed by atoms with E-state index in [0.717, 1.165) is 24.8 Å². The number of phosphoric acid groups is 1. The Morgan fingerprint density at radius 1 is 1.27 bits per heavy atom. The van der Waals surface area contributed by atoms with Crippen LogP contribution < -0.4 is 0 Å². The van der Waals surface area contributed by atoms with Crippen LogP contribution in [0.3, 0.4) is 0 Å². The molecule has 26 heavy (non-hydrogen) atoms. The molecule has 1 aromatic carbocycles. The van der Waals surface area contributed by atoms with Crippen molar-refractivity contribution in [1.29, 1.82) is 0 Å². The molecule has 2 aliphatic heterocycles. The molecule has 2 bridgehead atoms. The van der Waals surface area contributed by atoms with Gasteiger partial charge in [0.1, 0.15) is 0 Å². The second kappa shape index (κ2) is 9.63. The van der Waals surface area contributed by atoms with Crippen LogP contribution in [0.2, 0.25) is 0 Å². The fourth-order valence-electron chi connectivity index (χ4n) is 3.07. The number of hydrogen-bond donors (Lipinski definition) is 0. The van der Waals surface area contributed by atoms with E-state index in [2.05, 4.69) is 12.7 Å². The second-order valence-corrected chi connectivity index (χ2v) is 8.28. The quantitative estimate of drug-likeness (QED) is 0.530. The van der Waals surface area contributed by atoms with Crippen LogP contribution in [-0.2, 0) is 29.5 Å². The first kappa shape index (κ1) is 19.5. The molecule has 6 heteroatoms. The van der Waals surface area contributed by atoms with Gasteiger partial charge >= 0.3 is 7.82 Å². The van der Waals surface area contributed by atoms with Crippen molar-refractivity contribution in [3.8, 4) is 0 Å². The van der Waals surface area contributed by atoms with Crippen molar-refractivity contribution in [2.24, 2.45) is 5.92 Å². The summed E-state index contributed by atoms with van der Waals surface area (Å²) in [7, 11) is -3.62. The first-order valence-corrected chi connectivity index (χ1v) is 10.7. The molecule has 0 aliphatic carbocycles. The molecule has 2 heterocycles. The van der Waals surface area contributed by atoms with Gasteiger partial charge in [-0.3, -0.25) is 13.6 Å². The number of phosphoric ester groups is 1. The average molecular weight is 378 g/mol. The minimum atomic E-state index is -3.62. The van der Waals surface area contributed by atoms with Gasteiger partial charge in [0.05, 0.1) is 32.0 Å². The van der Waals surface area contributed by atoms with E-state index in [9.17, 15) is 4.57 Å². The van der Waals surface area contributed by atoms with Gasteiger partial charge in [0.25, 0.3) is 0 Å². The molecular formula is C20H27O5P. The highest BCUT2D eigenvalue weighted by Crippen LogP contribution is 2.55. The summed E-state index contributed by atoms with van der Waals surface area (Å²) < 4.78 is 35.9. The van der Waals surface area contributed by atoms with Crippen LogP contribution >= 0.6 is 7.82 Å². The molecule has 1 fully saturated rings. The van der Waals surface area contributed by atoms with Crippen molar-refractivity contribution in [3.05, 3.63) is 60.7 Å². The molecule has 0 saturated carbocycles. The molecule has 2 unspecified atom stereocenters. The van der Waals surface area contributed by atoms with E-state index in [1.54, 1.807) is 0 Å². The Morgan fingerprint density at radius 2 is 2.12 bits per heavy atom. The Hall–Kier alpha value is -1.23. The predicted molar refractivity (Wildman–Crippen MR) is 101 cm³/mol. The number of rotatable bonds is 5. The fourth-order valence-corrected chi connectivity index (χ4v) is 4.63. The zero-order valence-corrected chi connectivity index (χ0v) is 15.9. The van der Waals surface area contributed by atoms with Crippen LogP contribution in [0.25, 0.3) is 0 Å². The third-order valence-corrected chi connectivity index (χ3v) is 6.07. The molecule has 0 amide bonds. The van der Waals surface area contributed by atoms with Crippen molar-refractivity contribution in [2.75, 3.05) is 13.2 Å². The second-order valence-electron chi connectivity index (χ2n) is 6.71. The number of fused-ring (bicyclic) bond motifs is 2. The molecule has 2 aliphatic rings. The van der Waals surface area contributed by atoms with Gasteiger partial charge in [0.2, 0.25) is 0 Å². The molecule has 0 aromatic heterocycles. The van der Waals surface area contributed by atoms with Gasteiger partial charge in [-0.15, -0.1) is 6.58 Å². The first-order valence-electron chi connectivity index (χ1n) is 9.19. The van der Waals surface area contributed by atoms with Crippen LogP contribution in [-0.4, -0.2) is 25.4 Å². The maximum Gasteiger partial charge on any atom is 0.475 e. The minimum absolute atomic E-state index is 0.0950. The summed E-state index contributed by atoms with van der Waals surface area (Å²) in [5.74, 6) is 0.0950. The first-order chi connectivity index (χ1) is 12.7. The third-order valence-electron chi connectivity index (χ3n) is 4.52. The zero-order valence-electron chi connectivity index (χ0n) is 15.0. The number of ether oxygens (including phenoxy) is 1. The predicted octanol–water partition coefficient (Wildman–Crippen LogP) is 5.04. The van der Waals surface area contributed by atoms with Crippen molar-refractivity contribution in [3.63, 3.8) is 0 Å². The number of allylic oxidation sites excluding steroid dienone is 1. The molecular weight excluding hydrogens is 351 g/mol. The Balaban J connectivity index is 1.63. The average Bonchev–Trinajstić information content (AvgIpc) is 2.80. The summed E-state index contributed by atoms with van der Waals surface area (Å²) in [6.07, 6.45) is 8.58. The molecule has 4 atom stereocenters. The smallest absolute Gasteiger partial charge is 0.374 e. The molecule has 3 rings (SSSR count). The molecule has 0 spiro atoms. The summed E-state index contributed by atoms with van der Waals surface area (Å²) >= 11 is 0. The van der Waals surface area contributed by atoms with Crippen LogP contribution in [0, 0.1) is 5.92 Å².